The normalized spacial score (nSPS) is 15.8. The van der Waals surface area contributed by atoms with Gasteiger partial charge in [-0.2, -0.15) is 0 Å². The summed E-state index contributed by atoms with van der Waals surface area (Å²) in [5, 5.41) is 0. The first-order valence-corrected chi connectivity index (χ1v) is 6.37. The Balaban J connectivity index is 2.15. The topological polar surface area (TPSA) is 58.4 Å². The van der Waals surface area contributed by atoms with Gasteiger partial charge >= 0.3 is 0 Å². The van der Waals surface area contributed by atoms with Crippen LogP contribution < -0.4 is 11.3 Å². The first kappa shape index (κ1) is 13.5. The highest BCUT2D eigenvalue weighted by Crippen LogP contribution is 2.27. The summed E-state index contributed by atoms with van der Waals surface area (Å²) in [6.45, 7) is 6.72. The van der Waals surface area contributed by atoms with Crippen molar-refractivity contribution >= 4 is 5.91 Å². The summed E-state index contributed by atoms with van der Waals surface area (Å²) >= 11 is 0. The molecule has 1 rings (SSSR count). The van der Waals surface area contributed by atoms with Crippen molar-refractivity contribution in [2.24, 2.45) is 11.8 Å². The minimum Gasteiger partial charge on any atom is -0.300 e. The molecule has 1 aliphatic carbocycles. The number of hydrogen-bond acceptors (Lipinski definition) is 3. The van der Waals surface area contributed by atoms with Crippen LogP contribution in [0.1, 0.15) is 46.0 Å². The molecule has 1 fully saturated rings. The molecule has 0 aromatic carbocycles. The fourth-order valence-corrected chi connectivity index (χ4v) is 1.86. The molecule has 0 bridgehead atoms. The van der Waals surface area contributed by atoms with E-state index in [1.807, 2.05) is 0 Å². The molecule has 0 atom stereocenters. The second-order valence-electron chi connectivity index (χ2n) is 5.12. The fraction of sp³-hybridized carbons (Fsp3) is 0.917. The number of nitrogens with one attached hydrogen (secondary N) is 1. The molecule has 3 N–H and O–H groups in total. The second-order valence-corrected chi connectivity index (χ2v) is 5.12. The van der Waals surface area contributed by atoms with Crippen LogP contribution in [0.2, 0.25) is 0 Å². The molecule has 0 aromatic rings. The molecule has 0 radical (unpaired) electrons. The van der Waals surface area contributed by atoms with E-state index in [1.165, 1.54) is 25.8 Å². The SMILES string of the molecule is CC(C)CCN(CCCC(=O)NN)C1CC1. The number of carbonyl (C=O) groups excluding carboxylic acids is 1. The smallest absolute Gasteiger partial charge is 0.233 e. The Hall–Kier alpha value is -0.610. The van der Waals surface area contributed by atoms with Gasteiger partial charge in [-0.15, -0.1) is 0 Å². The molecule has 94 valence electrons. The highest BCUT2D eigenvalue weighted by Gasteiger charge is 2.28. The molecule has 1 saturated carbocycles. The summed E-state index contributed by atoms with van der Waals surface area (Å²) < 4.78 is 0. The molecule has 4 heteroatoms. The second kappa shape index (κ2) is 6.86. The predicted molar refractivity (Wildman–Crippen MR) is 65.6 cm³/mol. The van der Waals surface area contributed by atoms with E-state index < -0.39 is 0 Å². The summed E-state index contributed by atoms with van der Waals surface area (Å²) in [6.07, 6.45) is 5.38. The minimum absolute atomic E-state index is 0.0559. The Labute approximate surface area is 98.5 Å². The zero-order valence-corrected chi connectivity index (χ0v) is 10.5. The van der Waals surface area contributed by atoms with E-state index in [1.54, 1.807) is 0 Å². The van der Waals surface area contributed by atoms with Gasteiger partial charge in [-0.1, -0.05) is 13.8 Å². The van der Waals surface area contributed by atoms with Gasteiger partial charge in [0, 0.05) is 12.5 Å². The molecule has 1 aliphatic rings. The van der Waals surface area contributed by atoms with Crippen LogP contribution in [-0.4, -0.2) is 29.9 Å². The van der Waals surface area contributed by atoms with Gasteiger partial charge in [0.15, 0.2) is 0 Å². The van der Waals surface area contributed by atoms with Gasteiger partial charge in [0.05, 0.1) is 0 Å². The average molecular weight is 227 g/mol. The van der Waals surface area contributed by atoms with Crippen LogP contribution in [0.4, 0.5) is 0 Å². The summed E-state index contributed by atoms with van der Waals surface area (Å²) in [7, 11) is 0. The lowest BCUT2D eigenvalue weighted by atomic mass is 10.1. The number of amides is 1. The number of hydrazine groups is 1. The van der Waals surface area contributed by atoms with Gasteiger partial charge in [0.2, 0.25) is 5.91 Å². The van der Waals surface area contributed by atoms with Crippen LogP contribution in [0.25, 0.3) is 0 Å². The molecular weight excluding hydrogens is 202 g/mol. The van der Waals surface area contributed by atoms with Gasteiger partial charge in [-0.3, -0.25) is 10.2 Å². The molecule has 0 aromatic heterocycles. The molecular formula is C12H25N3O. The lowest BCUT2D eigenvalue weighted by Crippen LogP contribution is -2.32. The van der Waals surface area contributed by atoms with Crippen molar-refractivity contribution in [3.63, 3.8) is 0 Å². The van der Waals surface area contributed by atoms with Gasteiger partial charge in [0.25, 0.3) is 0 Å². The van der Waals surface area contributed by atoms with Crippen molar-refractivity contribution in [3.8, 4) is 0 Å². The Morgan fingerprint density at radius 3 is 2.62 bits per heavy atom. The van der Waals surface area contributed by atoms with Gasteiger partial charge < -0.3 is 4.90 Å². The lowest BCUT2D eigenvalue weighted by molar-refractivity contribution is -0.121. The van der Waals surface area contributed by atoms with Crippen LogP contribution in [0, 0.1) is 5.92 Å². The Bertz CT molecular complexity index is 214. The fourth-order valence-electron chi connectivity index (χ4n) is 1.86. The van der Waals surface area contributed by atoms with E-state index in [9.17, 15) is 4.79 Å². The summed E-state index contributed by atoms with van der Waals surface area (Å²) in [6, 6.07) is 0.791. The summed E-state index contributed by atoms with van der Waals surface area (Å²) in [5.41, 5.74) is 2.18. The van der Waals surface area contributed by atoms with Crippen molar-refractivity contribution in [1.29, 1.82) is 0 Å². The van der Waals surface area contributed by atoms with Gasteiger partial charge in [-0.25, -0.2) is 5.84 Å². The Kier molecular flexibility index (Phi) is 5.77. The molecule has 16 heavy (non-hydrogen) atoms. The third-order valence-corrected chi connectivity index (χ3v) is 3.07. The number of carbonyl (C=O) groups is 1. The van der Waals surface area contributed by atoms with Crippen LogP contribution >= 0.6 is 0 Å². The average Bonchev–Trinajstić information content (AvgIpc) is 3.06. The van der Waals surface area contributed by atoms with E-state index in [4.69, 9.17) is 5.84 Å². The molecule has 0 aliphatic heterocycles. The van der Waals surface area contributed by atoms with E-state index in [2.05, 4.69) is 24.2 Å². The highest BCUT2D eigenvalue weighted by molar-refractivity contribution is 5.75. The van der Waals surface area contributed by atoms with Crippen molar-refractivity contribution in [2.45, 2.75) is 52.0 Å². The van der Waals surface area contributed by atoms with Crippen LogP contribution in [-0.2, 0) is 4.79 Å². The van der Waals surface area contributed by atoms with Crippen LogP contribution in [0.5, 0.6) is 0 Å². The van der Waals surface area contributed by atoms with E-state index in [0.717, 1.165) is 24.9 Å². The number of nitrogens with two attached hydrogens (primary N) is 1. The van der Waals surface area contributed by atoms with E-state index in [0.29, 0.717) is 6.42 Å². The highest BCUT2D eigenvalue weighted by atomic mass is 16.2. The zero-order valence-electron chi connectivity index (χ0n) is 10.5. The third-order valence-electron chi connectivity index (χ3n) is 3.07. The third kappa shape index (κ3) is 5.47. The Morgan fingerprint density at radius 1 is 1.44 bits per heavy atom. The summed E-state index contributed by atoms with van der Waals surface area (Å²) in [5.74, 6) is 5.75. The monoisotopic (exact) mass is 227 g/mol. The number of hydrogen-bond donors (Lipinski definition) is 2. The van der Waals surface area contributed by atoms with E-state index >= 15 is 0 Å². The molecule has 0 saturated heterocycles. The molecule has 0 spiro atoms. The Morgan fingerprint density at radius 2 is 2.12 bits per heavy atom. The van der Waals surface area contributed by atoms with Crippen molar-refractivity contribution in [2.75, 3.05) is 13.1 Å². The van der Waals surface area contributed by atoms with Gasteiger partial charge in [-0.05, 0) is 44.7 Å². The molecule has 0 heterocycles. The lowest BCUT2D eigenvalue weighted by Gasteiger charge is -2.22. The zero-order chi connectivity index (χ0) is 12.0. The van der Waals surface area contributed by atoms with Crippen LogP contribution in [0.3, 0.4) is 0 Å². The largest absolute Gasteiger partial charge is 0.300 e. The number of rotatable bonds is 8. The minimum atomic E-state index is -0.0559. The maximum atomic E-state index is 11.0. The first-order chi connectivity index (χ1) is 7.63. The van der Waals surface area contributed by atoms with Crippen molar-refractivity contribution in [1.82, 2.24) is 10.3 Å². The van der Waals surface area contributed by atoms with Crippen molar-refractivity contribution < 1.29 is 4.79 Å². The summed E-state index contributed by atoms with van der Waals surface area (Å²) in [4.78, 5) is 13.5. The maximum Gasteiger partial charge on any atom is 0.233 e. The molecule has 0 unspecified atom stereocenters. The first-order valence-electron chi connectivity index (χ1n) is 6.37. The quantitative estimate of drug-likeness (QED) is 0.373. The predicted octanol–water partition coefficient (Wildman–Crippen LogP) is 1.27. The molecule has 4 nitrogen and oxygen atoms in total. The van der Waals surface area contributed by atoms with Crippen molar-refractivity contribution in [3.05, 3.63) is 0 Å². The maximum absolute atomic E-state index is 11.0. The number of nitrogens with zero attached hydrogens (tertiary/aromatic N) is 1. The van der Waals surface area contributed by atoms with E-state index in [-0.39, 0.29) is 5.91 Å². The van der Waals surface area contributed by atoms with Gasteiger partial charge in [0.1, 0.15) is 0 Å². The molecule has 1 amide bonds. The van der Waals surface area contributed by atoms with Crippen LogP contribution in [0.15, 0.2) is 0 Å². The standard InChI is InChI=1S/C12H25N3O/c1-10(2)7-9-15(11-5-6-11)8-3-4-12(16)14-13/h10-11H,3-9,13H2,1-2H3,(H,14,16).